The number of rotatable bonds is 6. The second kappa shape index (κ2) is 8.89. The SMILES string of the molecule is O=C(OCCCCN1CCCCC1)c1cc(O)c2c(c1)C(=O)c1cccc(O)c1C2=O. The number of carbonyl (C=O) groups excluding carboxylic acids is 3. The molecular weight excluding hydrogens is 398 g/mol. The number of carbonyl (C=O) groups is 3. The van der Waals surface area contributed by atoms with Crippen LogP contribution in [0.3, 0.4) is 0 Å². The molecule has 0 saturated carbocycles. The number of piperidine rings is 1. The van der Waals surface area contributed by atoms with Crippen LogP contribution in [0.1, 0.15) is 74.3 Å². The first kappa shape index (κ1) is 21.1. The van der Waals surface area contributed by atoms with Crippen molar-refractivity contribution in [1.82, 2.24) is 4.90 Å². The summed E-state index contributed by atoms with van der Waals surface area (Å²) in [5.41, 5.74) is -0.367. The maximum absolute atomic E-state index is 12.9. The number of benzene rings is 2. The molecule has 1 aliphatic carbocycles. The topological polar surface area (TPSA) is 104 Å². The largest absolute Gasteiger partial charge is 0.507 e. The highest BCUT2D eigenvalue weighted by Crippen LogP contribution is 2.37. The molecule has 4 rings (SSSR count). The van der Waals surface area contributed by atoms with Crippen LogP contribution in [-0.4, -0.2) is 58.9 Å². The minimum Gasteiger partial charge on any atom is -0.507 e. The highest BCUT2D eigenvalue weighted by atomic mass is 16.5. The Morgan fingerprint density at radius 1 is 0.903 bits per heavy atom. The Bertz CT molecular complexity index is 1040. The van der Waals surface area contributed by atoms with Crippen molar-refractivity contribution in [3.8, 4) is 11.5 Å². The molecule has 0 radical (unpaired) electrons. The van der Waals surface area contributed by atoms with Crippen molar-refractivity contribution in [2.45, 2.75) is 32.1 Å². The molecule has 1 aliphatic heterocycles. The molecule has 1 fully saturated rings. The van der Waals surface area contributed by atoms with Gasteiger partial charge in [0.1, 0.15) is 11.5 Å². The Kier molecular flexibility index (Phi) is 6.04. The van der Waals surface area contributed by atoms with E-state index in [1.54, 1.807) is 0 Å². The van der Waals surface area contributed by atoms with Gasteiger partial charge in [0.2, 0.25) is 5.78 Å². The quantitative estimate of drug-likeness (QED) is 0.463. The number of esters is 1. The van der Waals surface area contributed by atoms with Crippen molar-refractivity contribution in [1.29, 1.82) is 0 Å². The summed E-state index contributed by atoms with van der Waals surface area (Å²) >= 11 is 0. The lowest BCUT2D eigenvalue weighted by Crippen LogP contribution is -2.30. The average Bonchev–Trinajstić information content (AvgIpc) is 2.77. The van der Waals surface area contributed by atoms with E-state index < -0.39 is 23.3 Å². The summed E-state index contributed by atoms with van der Waals surface area (Å²) in [5, 5.41) is 20.4. The van der Waals surface area contributed by atoms with Crippen molar-refractivity contribution in [2.75, 3.05) is 26.2 Å². The van der Waals surface area contributed by atoms with Gasteiger partial charge in [-0.1, -0.05) is 18.6 Å². The van der Waals surface area contributed by atoms with Gasteiger partial charge in [-0.15, -0.1) is 0 Å². The van der Waals surface area contributed by atoms with Crippen molar-refractivity contribution >= 4 is 17.5 Å². The van der Waals surface area contributed by atoms with E-state index >= 15 is 0 Å². The molecule has 7 heteroatoms. The van der Waals surface area contributed by atoms with E-state index in [1.807, 2.05) is 0 Å². The first-order chi connectivity index (χ1) is 15.0. The van der Waals surface area contributed by atoms with E-state index in [9.17, 15) is 24.6 Å². The van der Waals surface area contributed by atoms with Crippen LogP contribution in [0.4, 0.5) is 0 Å². The van der Waals surface area contributed by atoms with Gasteiger partial charge >= 0.3 is 5.97 Å². The summed E-state index contributed by atoms with van der Waals surface area (Å²) in [6.07, 6.45) is 5.42. The normalized spacial score (nSPS) is 16.0. The third kappa shape index (κ3) is 4.18. The number of phenolic OH excluding ortho intramolecular Hbond substituents is 2. The zero-order chi connectivity index (χ0) is 22.0. The number of ether oxygens (including phenoxy) is 1. The molecule has 0 unspecified atom stereocenters. The van der Waals surface area contributed by atoms with Crippen LogP contribution in [-0.2, 0) is 4.74 Å². The fourth-order valence-electron chi connectivity index (χ4n) is 4.27. The average molecular weight is 423 g/mol. The van der Waals surface area contributed by atoms with Crippen LogP contribution >= 0.6 is 0 Å². The van der Waals surface area contributed by atoms with Crippen LogP contribution in [0, 0.1) is 0 Å². The molecule has 2 aromatic rings. The number of nitrogens with zero attached hydrogens (tertiary/aromatic N) is 1. The van der Waals surface area contributed by atoms with Crippen molar-refractivity contribution in [3.05, 3.63) is 58.1 Å². The Hall–Kier alpha value is -3.19. The van der Waals surface area contributed by atoms with Crippen LogP contribution in [0.15, 0.2) is 30.3 Å². The zero-order valence-corrected chi connectivity index (χ0v) is 17.2. The van der Waals surface area contributed by atoms with Gasteiger partial charge in [0.25, 0.3) is 0 Å². The minimum absolute atomic E-state index is 0.0111. The van der Waals surface area contributed by atoms with Gasteiger partial charge in [-0.05, 0) is 63.5 Å². The first-order valence-electron chi connectivity index (χ1n) is 10.6. The number of phenols is 2. The van der Waals surface area contributed by atoms with Crippen LogP contribution < -0.4 is 0 Å². The molecule has 0 bridgehead atoms. The molecule has 1 saturated heterocycles. The molecule has 2 N–H and O–H groups in total. The predicted octanol–water partition coefficient (Wildman–Crippen LogP) is 3.30. The lowest BCUT2D eigenvalue weighted by atomic mass is 9.82. The fourth-order valence-corrected chi connectivity index (χ4v) is 4.27. The van der Waals surface area contributed by atoms with Gasteiger partial charge in [0.05, 0.1) is 23.3 Å². The van der Waals surface area contributed by atoms with Crippen LogP contribution in [0.25, 0.3) is 0 Å². The van der Waals surface area contributed by atoms with E-state index in [0.717, 1.165) is 38.5 Å². The summed E-state index contributed by atoms with van der Waals surface area (Å²) in [7, 11) is 0. The van der Waals surface area contributed by atoms with Gasteiger partial charge in [0, 0.05) is 11.1 Å². The molecule has 0 atom stereocenters. The highest BCUT2D eigenvalue weighted by molar-refractivity contribution is 6.30. The van der Waals surface area contributed by atoms with Gasteiger partial charge in [-0.25, -0.2) is 4.79 Å². The monoisotopic (exact) mass is 423 g/mol. The summed E-state index contributed by atoms with van der Waals surface area (Å²) in [4.78, 5) is 40.5. The number of aromatic hydroxyl groups is 2. The van der Waals surface area contributed by atoms with Crippen LogP contribution in [0.5, 0.6) is 11.5 Å². The maximum Gasteiger partial charge on any atom is 0.338 e. The van der Waals surface area contributed by atoms with E-state index in [-0.39, 0.29) is 40.2 Å². The van der Waals surface area contributed by atoms with Gasteiger partial charge in [-0.2, -0.15) is 0 Å². The summed E-state index contributed by atoms with van der Waals surface area (Å²) in [6.45, 7) is 3.48. The second-order valence-electron chi connectivity index (χ2n) is 8.02. The van der Waals surface area contributed by atoms with E-state index in [2.05, 4.69) is 4.90 Å². The lowest BCUT2D eigenvalue weighted by molar-refractivity contribution is 0.0493. The lowest BCUT2D eigenvalue weighted by Gasteiger charge is -2.26. The molecule has 162 valence electrons. The molecule has 7 nitrogen and oxygen atoms in total. The molecule has 31 heavy (non-hydrogen) atoms. The zero-order valence-electron chi connectivity index (χ0n) is 17.2. The molecule has 1 heterocycles. The van der Waals surface area contributed by atoms with E-state index in [0.29, 0.717) is 0 Å². The molecule has 0 amide bonds. The first-order valence-corrected chi connectivity index (χ1v) is 10.6. The van der Waals surface area contributed by atoms with Crippen LogP contribution in [0.2, 0.25) is 0 Å². The molecule has 2 aliphatic rings. The Labute approximate surface area is 180 Å². The van der Waals surface area contributed by atoms with Crippen molar-refractivity contribution in [2.24, 2.45) is 0 Å². The van der Waals surface area contributed by atoms with Gasteiger partial charge in [-0.3, -0.25) is 9.59 Å². The van der Waals surface area contributed by atoms with Crippen molar-refractivity contribution < 1.29 is 29.3 Å². The molecule has 2 aromatic carbocycles. The second-order valence-corrected chi connectivity index (χ2v) is 8.02. The Balaban J connectivity index is 1.43. The smallest absolute Gasteiger partial charge is 0.338 e. The van der Waals surface area contributed by atoms with E-state index in [1.165, 1.54) is 43.5 Å². The summed E-state index contributed by atoms with van der Waals surface area (Å²) in [6, 6.07) is 6.61. The van der Waals surface area contributed by atoms with Crippen molar-refractivity contribution in [3.63, 3.8) is 0 Å². The van der Waals surface area contributed by atoms with E-state index in [4.69, 9.17) is 4.74 Å². The standard InChI is InChI=1S/C24H25NO6/c26-18-8-6-7-16-20(18)23(29)21-17(22(16)28)13-15(14-19(21)27)24(30)31-12-5-4-11-25-9-2-1-3-10-25/h6-8,13-14,26-27H,1-5,9-12H2. The number of hydrogen-bond acceptors (Lipinski definition) is 7. The highest BCUT2D eigenvalue weighted by Gasteiger charge is 2.35. The van der Waals surface area contributed by atoms with Gasteiger partial charge < -0.3 is 19.8 Å². The molecular formula is C24H25NO6. The minimum atomic E-state index is -0.655. The molecule has 0 spiro atoms. The van der Waals surface area contributed by atoms with Gasteiger partial charge in [0.15, 0.2) is 5.78 Å². The Morgan fingerprint density at radius 2 is 1.65 bits per heavy atom. The predicted molar refractivity (Wildman–Crippen MR) is 113 cm³/mol. The third-order valence-corrected chi connectivity index (χ3v) is 5.89. The fraction of sp³-hybridized carbons (Fsp3) is 0.375. The Morgan fingerprint density at radius 3 is 2.42 bits per heavy atom. The number of likely N-dealkylation sites (tertiary alicyclic amines) is 1. The summed E-state index contributed by atoms with van der Waals surface area (Å²) in [5.74, 6) is -2.65. The summed E-state index contributed by atoms with van der Waals surface area (Å²) < 4.78 is 5.31. The number of ketones is 2. The molecule has 0 aromatic heterocycles. The number of unbranched alkanes of at least 4 members (excludes halogenated alkanes) is 1. The number of hydrogen-bond donors (Lipinski definition) is 2. The maximum atomic E-state index is 12.9. The number of fused-ring (bicyclic) bond motifs is 2. The third-order valence-electron chi connectivity index (χ3n) is 5.89.